The summed E-state index contributed by atoms with van der Waals surface area (Å²) in [4.78, 5) is 37.4. The summed E-state index contributed by atoms with van der Waals surface area (Å²) < 4.78 is 93.1. The lowest BCUT2D eigenvalue weighted by Crippen LogP contribution is -1.97. The molecule has 76 heavy (non-hydrogen) atoms. The van der Waals surface area contributed by atoms with E-state index in [1.54, 1.807) is 24.3 Å². The van der Waals surface area contributed by atoms with Gasteiger partial charge in [-0.3, -0.25) is 9.11 Å². The molecule has 0 saturated heterocycles. The molecule has 3 aromatic heterocycles. The van der Waals surface area contributed by atoms with Crippen molar-refractivity contribution in [1.29, 1.82) is 0 Å². The Bertz CT molecular complexity index is 4580. The molecule has 4 N–H and O–H groups in total. The lowest BCUT2D eigenvalue weighted by atomic mass is 10.1. The third-order valence-electron chi connectivity index (χ3n) is 12.4. The number of H-pyrrole nitrogens is 2. The van der Waals surface area contributed by atoms with Crippen molar-refractivity contribution < 1.29 is 44.9 Å². The molecule has 0 fully saturated rings. The van der Waals surface area contributed by atoms with Crippen LogP contribution in [0.2, 0.25) is 0 Å². The van der Waals surface area contributed by atoms with Crippen LogP contribution in [0.3, 0.4) is 0 Å². The van der Waals surface area contributed by atoms with Gasteiger partial charge in [0.05, 0.1) is 31.7 Å². The SMILES string of the molecule is O=S(=O)(O)c1ccc(Oc2cccc3c2-c2nc-3nc3[nH]c(nc4nc(nc5[nH]c(n2)c2cccc(Oc6ccccc6)c52)-c2cccc(Oc5ccccc5)c2-4)c2cccc(Oc4ccc(S(=O)(=O)O)cc4)c32)cc1. The largest absolute Gasteiger partial charge is 0.457 e. The van der Waals surface area contributed by atoms with E-state index in [1.807, 2.05) is 109 Å². The first-order valence-electron chi connectivity index (χ1n) is 23.2. The molecule has 13 rings (SSSR count). The highest BCUT2D eigenvalue weighted by Gasteiger charge is 2.28. The van der Waals surface area contributed by atoms with Crippen LogP contribution in [0, 0.1) is 0 Å². The van der Waals surface area contributed by atoms with E-state index < -0.39 is 20.2 Å². The molecule has 0 spiro atoms. The van der Waals surface area contributed by atoms with Gasteiger partial charge in [0.2, 0.25) is 0 Å². The second kappa shape index (κ2) is 18.0. The minimum Gasteiger partial charge on any atom is -0.457 e. The van der Waals surface area contributed by atoms with Crippen molar-refractivity contribution in [2.75, 3.05) is 0 Å². The van der Waals surface area contributed by atoms with Crippen LogP contribution in [-0.2, 0) is 20.2 Å². The first kappa shape index (κ1) is 46.0. The lowest BCUT2D eigenvalue weighted by molar-refractivity contribution is 0.477. The number of rotatable bonds is 10. The number of ether oxygens (including phenoxy) is 4. The number of hydrogen-bond donors (Lipinski definition) is 4. The zero-order chi connectivity index (χ0) is 51.7. The minimum absolute atomic E-state index is 0.174. The lowest BCUT2D eigenvalue weighted by Gasteiger charge is -2.10. The summed E-state index contributed by atoms with van der Waals surface area (Å²) in [6.07, 6.45) is 0. The normalized spacial score (nSPS) is 12.0. The number of aromatic amines is 2. The van der Waals surface area contributed by atoms with Gasteiger partial charge in [0, 0.05) is 21.9 Å². The Labute approximate surface area is 430 Å². The van der Waals surface area contributed by atoms with E-state index in [1.165, 1.54) is 48.5 Å². The predicted molar refractivity (Wildman–Crippen MR) is 282 cm³/mol. The number of para-hydroxylation sites is 2. The quantitative estimate of drug-likeness (QED) is 0.0929. The van der Waals surface area contributed by atoms with Gasteiger partial charge in [0.15, 0.2) is 23.3 Å². The second-order valence-corrected chi connectivity index (χ2v) is 20.1. The molecule has 5 heterocycles. The van der Waals surface area contributed by atoms with E-state index in [0.29, 0.717) is 89.5 Å². The maximum atomic E-state index is 11.9. The minimum atomic E-state index is -4.48. The van der Waals surface area contributed by atoms with Crippen LogP contribution >= 0.6 is 0 Å². The van der Waals surface area contributed by atoms with Crippen molar-refractivity contribution in [2.24, 2.45) is 0 Å². The Kier molecular flexibility index (Phi) is 10.9. The summed E-state index contributed by atoms with van der Waals surface area (Å²) in [6.45, 7) is 0. The van der Waals surface area contributed by atoms with Crippen molar-refractivity contribution in [3.63, 3.8) is 0 Å². The van der Waals surface area contributed by atoms with Crippen LogP contribution in [-0.4, -0.2) is 65.8 Å². The summed E-state index contributed by atoms with van der Waals surface area (Å²) in [5.74, 6) is 4.09. The molecule has 0 unspecified atom stereocenters. The Morgan fingerprint density at radius 1 is 0.329 bits per heavy atom. The van der Waals surface area contributed by atoms with Crippen LogP contribution in [0.5, 0.6) is 46.0 Å². The molecule has 0 saturated carbocycles. The molecular weight excluding hydrogens is 1010 g/mol. The average Bonchev–Trinajstić information content (AvgIpc) is 4.20. The maximum absolute atomic E-state index is 11.9. The number of fused-ring (bicyclic) bond motifs is 20. The molecule has 8 bridgehead atoms. The van der Waals surface area contributed by atoms with Gasteiger partial charge in [-0.05, 0) is 97.1 Å². The Morgan fingerprint density at radius 2 is 0.671 bits per heavy atom. The van der Waals surface area contributed by atoms with Crippen molar-refractivity contribution in [3.8, 4) is 91.5 Å². The molecule has 0 amide bonds. The summed E-state index contributed by atoms with van der Waals surface area (Å²) in [6, 6.07) is 51.0. The van der Waals surface area contributed by atoms with Crippen molar-refractivity contribution >= 4 is 64.4 Å². The van der Waals surface area contributed by atoms with Crippen LogP contribution in [0.15, 0.2) is 192 Å². The number of benzene rings is 8. The summed E-state index contributed by atoms with van der Waals surface area (Å²) in [5.41, 5.74) is 3.35. The summed E-state index contributed by atoms with van der Waals surface area (Å²) in [5, 5.41) is 2.20. The zero-order valence-corrected chi connectivity index (χ0v) is 40.6. The summed E-state index contributed by atoms with van der Waals surface area (Å²) >= 11 is 0. The molecule has 0 aliphatic carbocycles. The molecule has 2 aliphatic rings. The Morgan fingerprint density at radius 3 is 1.07 bits per heavy atom. The van der Waals surface area contributed by atoms with E-state index >= 15 is 0 Å². The smallest absolute Gasteiger partial charge is 0.294 e. The fourth-order valence-corrected chi connectivity index (χ4v) is 10.0. The highest BCUT2D eigenvalue weighted by molar-refractivity contribution is 7.86. The molecule has 0 atom stereocenters. The molecule has 11 aromatic rings. The van der Waals surface area contributed by atoms with Gasteiger partial charge in [-0.15, -0.1) is 0 Å². The number of aromatic nitrogens is 8. The van der Waals surface area contributed by atoms with Crippen LogP contribution < -0.4 is 18.9 Å². The van der Waals surface area contributed by atoms with Gasteiger partial charge in [-0.25, -0.2) is 29.9 Å². The van der Waals surface area contributed by atoms with Gasteiger partial charge in [-0.2, -0.15) is 16.8 Å². The average molecular weight is 1040 g/mol. The van der Waals surface area contributed by atoms with Gasteiger partial charge >= 0.3 is 0 Å². The molecule has 18 nitrogen and oxygen atoms in total. The van der Waals surface area contributed by atoms with E-state index in [0.717, 1.165) is 0 Å². The highest BCUT2D eigenvalue weighted by Crippen LogP contribution is 2.46. The van der Waals surface area contributed by atoms with E-state index in [2.05, 4.69) is 9.97 Å². The van der Waals surface area contributed by atoms with Gasteiger partial charge in [0.1, 0.15) is 68.6 Å². The first-order valence-corrected chi connectivity index (χ1v) is 26.1. The van der Waals surface area contributed by atoms with Crippen LogP contribution in [0.1, 0.15) is 0 Å². The van der Waals surface area contributed by atoms with E-state index in [4.69, 9.17) is 48.9 Å². The van der Waals surface area contributed by atoms with Gasteiger partial charge in [0.25, 0.3) is 20.2 Å². The molecule has 20 heteroatoms. The molecule has 0 radical (unpaired) electrons. The van der Waals surface area contributed by atoms with Gasteiger partial charge < -0.3 is 28.9 Å². The van der Waals surface area contributed by atoms with Crippen LogP contribution in [0.25, 0.3) is 89.7 Å². The predicted octanol–water partition coefficient (Wildman–Crippen LogP) is 12.5. The first-order chi connectivity index (χ1) is 36.9. The molecule has 8 aromatic carbocycles. The molecular formula is C56H34N8O10S2. The Balaban J connectivity index is 1.12. The summed E-state index contributed by atoms with van der Waals surface area (Å²) in [7, 11) is -8.97. The van der Waals surface area contributed by atoms with E-state index in [-0.39, 0.29) is 56.0 Å². The molecule has 2 aliphatic heterocycles. The third-order valence-corrected chi connectivity index (χ3v) is 14.2. The van der Waals surface area contributed by atoms with Crippen LogP contribution in [0.4, 0.5) is 0 Å². The molecule has 370 valence electrons. The van der Waals surface area contributed by atoms with Crippen molar-refractivity contribution in [1.82, 2.24) is 39.9 Å². The fraction of sp³-hybridized carbons (Fsp3) is 0. The number of nitrogens with zero attached hydrogens (tertiary/aromatic N) is 6. The van der Waals surface area contributed by atoms with Gasteiger partial charge in [-0.1, -0.05) is 84.9 Å². The Hall–Kier alpha value is -9.86. The number of nitrogens with one attached hydrogen (secondary N) is 2. The van der Waals surface area contributed by atoms with Crippen molar-refractivity contribution in [2.45, 2.75) is 9.79 Å². The number of hydrogen-bond acceptors (Lipinski definition) is 14. The van der Waals surface area contributed by atoms with E-state index in [9.17, 15) is 25.9 Å². The zero-order valence-electron chi connectivity index (χ0n) is 39.0. The third kappa shape index (κ3) is 8.43. The second-order valence-electron chi connectivity index (χ2n) is 17.3. The van der Waals surface area contributed by atoms with Crippen molar-refractivity contribution in [3.05, 3.63) is 182 Å². The monoisotopic (exact) mass is 1040 g/mol. The standard InChI is InChI=1S/C56H34N8O10S2/c65-75(66,67)35-27-23-33(24-28-35)73-43-21-9-17-39-47(43)56-62-51(39)60-54-45-37(15-7-19-41(45)71-31-11-3-1-4-12-31)49(58-54)57-53-46-38(16-8-20-42(46)72-32-13-5-2-6-14-32)50(59-53)61-55-48-40(52(63-55)64-56)18-10-22-44(48)74-34-25-29-36(30-26-34)76(68,69)70/h1-30H,(H,65,66,67)(H,68,69,70)(H2,57,58,59,60,61,62,63,64). The fourth-order valence-electron chi connectivity index (χ4n) is 9.04. The highest BCUT2D eigenvalue weighted by atomic mass is 32.2. The maximum Gasteiger partial charge on any atom is 0.294 e. The topological polar surface area (TPSA) is 255 Å².